The number of rotatable bonds is 13. The topological polar surface area (TPSA) is 179 Å². The minimum Gasteiger partial charge on any atom is -0.480 e. The van der Waals surface area contributed by atoms with Gasteiger partial charge in [0.25, 0.3) is 5.91 Å². The highest BCUT2D eigenvalue weighted by molar-refractivity contribution is 7.80. The minimum absolute atomic E-state index is 0.112. The maximum atomic E-state index is 12.5. The van der Waals surface area contributed by atoms with Crippen molar-refractivity contribution in [2.45, 2.75) is 24.9 Å². The molecule has 0 aliphatic heterocycles. The molecule has 0 unspecified atom stereocenters. The van der Waals surface area contributed by atoms with Gasteiger partial charge in [0.05, 0.1) is 0 Å². The van der Waals surface area contributed by atoms with Crippen LogP contribution in [0.15, 0.2) is 54.6 Å². The summed E-state index contributed by atoms with van der Waals surface area (Å²) in [5.74, 6) is -5.10. The van der Waals surface area contributed by atoms with Crippen LogP contribution in [0.2, 0.25) is 0 Å². The molecule has 5 N–H and O–H groups in total. The molecule has 190 valence electrons. The third kappa shape index (κ3) is 8.55. The number of thiol groups is 1. The summed E-state index contributed by atoms with van der Waals surface area (Å²) in [6.45, 7) is -0.631. The average molecular weight is 516 g/mol. The van der Waals surface area contributed by atoms with Gasteiger partial charge in [0.2, 0.25) is 11.8 Å². The van der Waals surface area contributed by atoms with Crippen molar-refractivity contribution >= 4 is 48.1 Å². The van der Waals surface area contributed by atoms with E-state index < -0.39 is 48.3 Å². The van der Waals surface area contributed by atoms with Crippen LogP contribution in [-0.2, 0) is 19.2 Å². The number of carbonyl (C=O) groups excluding carboxylic acids is 4. The van der Waals surface area contributed by atoms with Crippen molar-refractivity contribution in [3.63, 3.8) is 0 Å². The Labute approximate surface area is 211 Å². The summed E-state index contributed by atoms with van der Waals surface area (Å²) in [4.78, 5) is 71.2. The number of hydrogen-bond acceptors (Lipinski definition) is 7. The van der Waals surface area contributed by atoms with E-state index in [0.29, 0.717) is 11.1 Å². The van der Waals surface area contributed by atoms with Crippen molar-refractivity contribution < 1.29 is 39.0 Å². The van der Waals surface area contributed by atoms with Crippen molar-refractivity contribution in [3.05, 3.63) is 71.3 Å². The van der Waals surface area contributed by atoms with Crippen LogP contribution in [0.3, 0.4) is 0 Å². The van der Waals surface area contributed by atoms with Gasteiger partial charge >= 0.3 is 11.9 Å². The standard InChI is InChI=1S/C24H25N3O8S/c28-19(26-18(13-36)23(33)25-12-20(29)30)11-10-17(24(34)35)27-22(32)16-8-6-15(7-9-16)21(31)14-4-2-1-3-5-14/h1-9,17-18,36H,10-13H2,(H,25,33)(H,26,28)(H,27,32)(H,29,30)(H,34,35)/t17-,18-/m0/s1. The molecule has 2 atom stereocenters. The Morgan fingerprint density at radius 1 is 0.778 bits per heavy atom. The van der Waals surface area contributed by atoms with Crippen molar-refractivity contribution in [2.24, 2.45) is 0 Å². The first-order chi connectivity index (χ1) is 17.1. The predicted molar refractivity (Wildman–Crippen MR) is 131 cm³/mol. The van der Waals surface area contributed by atoms with Gasteiger partial charge in [0.1, 0.15) is 18.6 Å². The Hall–Kier alpha value is -4.19. The van der Waals surface area contributed by atoms with Crippen LogP contribution in [-0.4, -0.2) is 70.0 Å². The summed E-state index contributed by atoms with van der Waals surface area (Å²) in [6, 6.07) is 11.8. The van der Waals surface area contributed by atoms with E-state index in [0.717, 1.165) is 0 Å². The van der Waals surface area contributed by atoms with E-state index in [2.05, 4.69) is 28.6 Å². The lowest BCUT2D eigenvalue weighted by Crippen LogP contribution is -2.49. The lowest BCUT2D eigenvalue weighted by molar-refractivity contribution is -0.139. The maximum absolute atomic E-state index is 12.5. The molecule has 0 saturated carbocycles. The van der Waals surface area contributed by atoms with Gasteiger partial charge in [-0.1, -0.05) is 42.5 Å². The van der Waals surface area contributed by atoms with Crippen LogP contribution in [0.1, 0.15) is 39.1 Å². The first kappa shape index (κ1) is 28.1. The lowest BCUT2D eigenvalue weighted by atomic mass is 10.0. The Bertz CT molecular complexity index is 1120. The fraction of sp³-hybridized carbons (Fsp3) is 0.250. The van der Waals surface area contributed by atoms with Gasteiger partial charge in [0.15, 0.2) is 5.78 Å². The molecule has 0 bridgehead atoms. The van der Waals surface area contributed by atoms with E-state index in [1.165, 1.54) is 24.3 Å². The molecule has 0 aliphatic rings. The SMILES string of the molecule is O=C(O)CNC(=O)[C@H](CS)NC(=O)CC[C@H](NC(=O)c1ccc(C(=O)c2ccccc2)cc1)C(=O)O. The van der Waals surface area contributed by atoms with E-state index in [-0.39, 0.29) is 29.9 Å². The predicted octanol–water partition coefficient (Wildman–Crippen LogP) is 0.496. The van der Waals surface area contributed by atoms with Crippen LogP contribution in [0.4, 0.5) is 0 Å². The number of amides is 3. The van der Waals surface area contributed by atoms with E-state index in [9.17, 15) is 33.9 Å². The molecule has 0 saturated heterocycles. The fourth-order valence-corrected chi connectivity index (χ4v) is 3.31. The van der Waals surface area contributed by atoms with Crippen molar-refractivity contribution in [2.75, 3.05) is 12.3 Å². The van der Waals surface area contributed by atoms with Crippen molar-refractivity contribution in [3.8, 4) is 0 Å². The van der Waals surface area contributed by atoms with E-state index in [4.69, 9.17) is 5.11 Å². The number of ketones is 1. The fourth-order valence-electron chi connectivity index (χ4n) is 3.05. The molecule has 0 radical (unpaired) electrons. The van der Waals surface area contributed by atoms with Gasteiger partial charge < -0.3 is 26.2 Å². The number of carbonyl (C=O) groups is 6. The van der Waals surface area contributed by atoms with Gasteiger partial charge in [-0.05, 0) is 18.6 Å². The second-order valence-electron chi connectivity index (χ2n) is 7.59. The number of nitrogens with one attached hydrogen (secondary N) is 3. The zero-order valence-corrected chi connectivity index (χ0v) is 19.9. The number of carboxylic acid groups (broad SMARTS) is 2. The van der Waals surface area contributed by atoms with Gasteiger partial charge in [-0.2, -0.15) is 12.6 Å². The largest absolute Gasteiger partial charge is 0.480 e. The number of aliphatic carboxylic acids is 2. The first-order valence-corrected chi connectivity index (χ1v) is 11.4. The molecule has 0 aromatic heterocycles. The third-order valence-corrected chi connectivity index (χ3v) is 5.32. The van der Waals surface area contributed by atoms with Crippen molar-refractivity contribution in [1.29, 1.82) is 0 Å². The molecule has 0 spiro atoms. The van der Waals surface area contributed by atoms with Crippen LogP contribution >= 0.6 is 12.6 Å². The number of carboxylic acids is 2. The Morgan fingerprint density at radius 3 is 1.92 bits per heavy atom. The highest BCUT2D eigenvalue weighted by atomic mass is 32.1. The summed E-state index contributed by atoms with van der Waals surface area (Å²) in [5.41, 5.74) is 0.967. The normalized spacial score (nSPS) is 12.0. The molecule has 0 fully saturated rings. The molecule has 2 aromatic rings. The Morgan fingerprint density at radius 2 is 1.36 bits per heavy atom. The van der Waals surface area contributed by atoms with Gasteiger partial charge in [0, 0.05) is 28.9 Å². The highest BCUT2D eigenvalue weighted by Crippen LogP contribution is 2.12. The molecule has 11 nitrogen and oxygen atoms in total. The number of hydrogen-bond donors (Lipinski definition) is 6. The summed E-state index contributed by atoms with van der Waals surface area (Å²) in [6.07, 6.45) is -0.605. The van der Waals surface area contributed by atoms with E-state index in [1.807, 2.05) is 0 Å². The zero-order chi connectivity index (χ0) is 26.7. The second kappa shape index (κ2) is 13.6. The monoisotopic (exact) mass is 515 g/mol. The molecule has 36 heavy (non-hydrogen) atoms. The third-order valence-electron chi connectivity index (χ3n) is 4.96. The quantitative estimate of drug-likeness (QED) is 0.165. The molecule has 2 aromatic carbocycles. The van der Waals surface area contributed by atoms with Crippen LogP contribution in [0, 0.1) is 0 Å². The van der Waals surface area contributed by atoms with Crippen LogP contribution in [0.5, 0.6) is 0 Å². The summed E-state index contributed by atoms with van der Waals surface area (Å²) < 4.78 is 0. The lowest BCUT2D eigenvalue weighted by Gasteiger charge is -2.17. The number of benzene rings is 2. The molecular weight excluding hydrogens is 490 g/mol. The summed E-state index contributed by atoms with van der Waals surface area (Å²) in [7, 11) is 0. The van der Waals surface area contributed by atoms with Crippen LogP contribution in [0.25, 0.3) is 0 Å². The molecule has 0 aliphatic carbocycles. The molecular formula is C24H25N3O8S. The van der Waals surface area contributed by atoms with Gasteiger partial charge in [-0.25, -0.2) is 4.79 Å². The van der Waals surface area contributed by atoms with E-state index >= 15 is 0 Å². The van der Waals surface area contributed by atoms with Gasteiger partial charge in [-0.3, -0.25) is 24.0 Å². The van der Waals surface area contributed by atoms with Crippen molar-refractivity contribution in [1.82, 2.24) is 16.0 Å². The van der Waals surface area contributed by atoms with Crippen LogP contribution < -0.4 is 16.0 Å². The summed E-state index contributed by atoms with van der Waals surface area (Å²) in [5, 5.41) is 24.8. The maximum Gasteiger partial charge on any atom is 0.326 e. The zero-order valence-electron chi connectivity index (χ0n) is 19.0. The molecule has 12 heteroatoms. The van der Waals surface area contributed by atoms with Gasteiger partial charge in [-0.15, -0.1) is 0 Å². The highest BCUT2D eigenvalue weighted by Gasteiger charge is 2.24. The smallest absolute Gasteiger partial charge is 0.326 e. The molecule has 0 heterocycles. The Kier molecular flexibility index (Phi) is 10.6. The Balaban J connectivity index is 1.93. The molecule has 2 rings (SSSR count). The second-order valence-corrected chi connectivity index (χ2v) is 7.95. The van der Waals surface area contributed by atoms with E-state index in [1.54, 1.807) is 30.3 Å². The summed E-state index contributed by atoms with van der Waals surface area (Å²) >= 11 is 3.95. The molecule has 3 amide bonds. The minimum atomic E-state index is -1.40. The average Bonchev–Trinajstić information content (AvgIpc) is 2.88. The first-order valence-electron chi connectivity index (χ1n) is 10.8.